The van der Waals surface area contributed by atoms with Crippen molar-refractivity contribution >= 4 is 5.91 Å². The van der Waals surface area contributed by atoms with Crippen LogP contribution in [0.3, 0.4) is 0 Å². The third-order valence-corrected chi connectivity index (χ3v) is 4.19. The summed E-state index contributed by atoms with van der Waals surface area (Å²) in [4.78, 5) is 14.5. The first-order valence-corrected chi connectivity index (χ1v) is 7.38. The summed E-state index contributed by atoms with van der Waals surface area (Å²) in [6.45, 7) is 7.24. The number of hydrogen-bond acceptors (Lipinski definition) is 3. The summed E-state index contributed by atoms with van der Waals surface area (Å²) in [5.74, 6) is 0.270. The number of hydrogen-bond donors (Lipinski definition) is 1. The molecule has 1 N–H and O–H groups in total. The van der Waals surface area contributed by atoms with Crippen molar-refractivity contribution in [3.63, 3.8) is 0 Å². The summed E-state index contributed by atoms with van der Waals surface area (Å²) in [5, 5.41) is 3.47. The molecule has 4 heteroatoms. The van der Waals surface area contributed by atoms with Crippen LogP contribution < -0.4 is 5.32 Å². The molecule has 4 unspecified atom stereocenters. The molecule has 0 bridgehead atoms. The van der Waals surface area contributed by atoms with Crippen LogP contribution in [0.5, 0.6) is 0 Å². The summed E-state index contributed by atoms with van der Waals surface area (Å²) in [5.41, 5.74) is 0. The molecule has 2 heterocycles. The van der Waals surface area contributed by atoms with Crippen LogP contribution in [0.25, 0.3) is 0 Å². The Kier molecular flexibility index (Phi) is 4.62. The van der Waals surface area contributed by atoms with Crippen LogP contribution in [0.1, 0.15) is 52.9 Å². The fraction of sp³-hybridized carbons (Fsp3) is 0.929. The van der Waals surface area contributed by atoms with E-state index in [0.717, 1.165) is 38.7 Å². The van der Waals surface area contributed by atoms with Crippen LogP contribution in [0.15, 0.2) is 0 Å². The number of ether oxygens (including phenoxy) is 1. The minimum absolute atomic E-state index is 0.0174. The van der Waals surface area contributed by atoms with E-state index in [2.05, 4.69) is 26.1 Å². The first-order valence-electron chi connectivity index (χ1n) is 7.38. The van der Waals surface area contributed by atoms with E-state index in [9.17, 15) is 4.79 Å². The SMILES string of the molecule is CCCC1NC(CC)N(C(C)C2CCCO2)C1=O. The van der Waals surface area contributed by atoms with E-state index >= 15 is 0 Å². The van der Waals surface area contributed by atoms with Gasteiger partial charge in [0.25, 0.3) is 0 Å². The second kappa shape index (κ2) is 6.02. The van der Waals surface area contributed by atoms with Gasteiger partial charge in [0.2, 0.25) is 5.91 Å². The van der Waals surface area contributed by atoms with Crippen molar-refractivity contribution in [1.82, 2.24) is 10.2 Å². The molecule has 2 aliphatic rings. The molecule has 18 heavy (non-hydrogen) atoms. The summed E-state index contributed by atoms with van der Waals surface area (Å²) in [6, 6.07) is 0.211. The highest BCUT2D eigenvalue weighted by Crippen LogP contribution is 2.26. The van der Waals surface area contributed by atoms with Gasteiger partial charge >= 0.3 is 0 Å². The third kappa shape index (κ3) is 2.54. The lowest BCUT2D eigenvalue weighted by atomic mass is 10.1. The zero-order valence-corrected chi connectivity index (χ0v) is 11.8. The predicted molar refractivity (Wildman–Crippen MR) is 71.2 cm³/mol. The number of carbonyl (C=O) groups is 1. The molecule has 0 aromatic heterocycles. The average molecular weight is 254 g/mol. The van der Waals surface area contributed by atoms with Gasteiger partial charge in [0, 0.05) is 6.61 Å². The van der Waals surface area contributed by atoms with E-state index in [1.807, 2.05) is 4.90 Å². The maximum absolute atomic E-state index is 12.5. The van der Waals surface area contributed by atoms with Crippen LogP contribution >= 0.6 is 0 Å². The maximum atomic E-state index is 12.5. The Morgan fingerprint density at radius 1 is 1.50 bits per heavy atom. The van der Waals surface area contributed by atoms with Gasteiger partial charge in [0.15, 0.2) is 0 Å². The molecule has 0 radical (unpaired) electrons. The van der Waals surface area contributed by atoms with Crippen LogP contribution in [-0.4, -0.2) is 41.8 Å². The van der Waals surface area contributed by atoms with E-state index in [-0.39, 0.29) is 30.3 Å². The minimum Gasteiger partial charge on any atom is -0.376 e. The summed E-state index contributed by atoms with van der Waals surface area (Å²) in [6.07, 6.45) is 5.56. The van der Waals surface area contributed by atoms with Crippen LogP contribution in [0.4, 0.5) is 0 Å². The Bertz CT molecular complexity index is 290. The molecule has 2 rings (SSSR count). The molecular formula is C14H26N2O2. The molecule has 4 nitrogen and oxygen atoms in total. The highest BCUT2D eigenvalue weighted by Gasteiger charge is 2.42. The van der Waals surface area contributed by atoms with Crippen molar-refractivity contribution < 1.29 is 9.53 Å². The Labute approximate surface area is 110 Å². The molecule has 2 aliphatic heterocycles. The Morgan fingerprint density at radius 2 is 2.28 bits per heavy atom. The van der Waals surface area contributed by atoms with Gasteiger partial charge in [-0.15, -0.1) is 0 Å². The molecule has 0 aromatic rings. The minimum atomic E-state index is 0.0174. The lowest BCUT2D eigenvalue weighted by molar-refractivity contribution is -0.134. The second-order valence-electron chi connectivity index (χ2n) is 5.47. The van der Waals surface area contributed by atoms with Gasteiger partial charge in [-0.25, -0.2) is 0 Å². The first-order chi connectivity index (χ1) is 8.69. The molecule has 2 saturated heterocycles. The number of amides is 1. The molecule has 2 fully saturated rings. The van der Waals surface area contributed by atoms with E-state index < -0.39 is 0 Å². The quantitative estimate of drug-likeness (QED) is 0.814. The standard InChI is InChI=1S/C14H26N2O2/c1-4-7-11-14(17)16(13(5-2)15-11)10(3)12-8-6-9-18-12/h10-13,15H,4-9H2,1-3H3. The van der Waals surface area contributed by atoms with Crippen LogP contribution in [0, 0.1) is 0 Å². The van der Waals surface area contributed by atoms with Crippen molar-refractivity contribution in [1.29, 1.82) is 0 Å². The van der Waals surface area contributed by atoms with Gasteiger partial charge < -0.3 is 9.64 Å². The van der Waals surface area contributed by atoms with Gasteiger partial charge in [0.1, 0.15) is 0 Å². The molecule has 1 amide bonds. The van der Waals surface area contributed by atoms with Crippen molar-refractivity contribution in [3.8, 4) is 0 Å². The number of rotatable bonds is 5. The number of nitrogens with zero attached hydrogens (tertiary/aromatic N) is 1. The van der Waals surface area contributed by atoms with E-state index in [1.54, 1.807) is 0 Å². The monoisotopic (exact) mass is 254 g/mol. The van der Waals surface area contributed by atoms with Crippen LogP contribution in [0.2, 0.25) is 0 Å². The van der Waals surface area contributed by atoms with E-state index in [0.29, 0.717) is 0 Å². The predicted octanol–water partition coefficient (Wildman–Crippen LogP) is 1.89. The highest BCUT2D eigenvalue weighted by molar-refractivity contribution is 5.84. The summed E-state index contributed by atoms with van der Waals surface area (Å²) < 4.78 is 5.74. The average Bonchev–Trinajstić information content (AvgIpc) is 2.98. The first kappa shape index (κ1) is 13.8. The molecule has 0 aromatic carbocycles. The molecule has 0 spiro atoms. The molecular weight excluding hydrogens is 228 g/mol. The second-order valence-corrected chi connectivity index (χ2v) is 5.47. The van der Waals surface area contributed by atoms with E-state index in [1.165, 1.54) is 0 Å². The molecule has 0 aliphatic carbocycles. The van der Waals surface area contributed by atoms with Gasteiger partial charge in [-0.3, -0.25) is 10.1 Å². The lowest BCUT2D eigenvalue weighted by Gasteiger charge is -2.33. The van der Waals surface area contributed by atoms with Crippen molar-refractivity contribution in [3.05, 3.63) is 0 Å². The van der Waals surface area contributed by atoms with Gasteiger partial charge in [-0.1, -0.05) is 20.3 Å². The van der Waals surface area contributed by atoms with E-state index in [4.69, 9.17) is 4.74 Å². The Hall–Kier alpha value is -0.610. The lowest BCUT2D eigenvalue weighted by Crippen LogP contribution is -2.48. The van der Waals surface area contributed by atoms with Crippen molar-refractivity contribution in [2.24, 2.45) is 0 Å². The third-order valence-electron chi connectivity index (χ3n) is 4.19. The normalized spacial score (nSPS) is 34.3. The van der Waals surface area contributed by atoms with Crippen molar-refractivity contribution in [2.75, 3.05) is 6.61 Å². The Morgan fingerprint density at radius 3 is 2.83 bits per heavy atom. The molecule has 4 atom stereocenters. The van der Waals surface area contributed by atoms with Gasteiger partial charge in [-0.05, 0) is 32.6 Å². The fourth-order valence-corrected chi connectivity index (χ4v) is 3.17. The van der Waals surface area contributed by atoms with Gasteiger partial charge in [0.05, 0.1) is 24.4 Å². The number of carbonyl (C=O) groups excluding carboxylic acids is 1. The summed E-state index contributed by atoms with van der Waals surface area (Å²) >= 11 is 0. The van der Waals surface area contributed by atoms with Crippen LogP contribution in [-0.2, 0) is 9.53 Å². The van der Waals surface area contributed by atoms with Gasteiger partial charge in [-0.2, -0.15) is 0 Å². The maximum Gasteiger partial charge on any atom is 0.241 e. The topological polar surface area (TPSA) is 41.6 Å². The zero-order valence-electron chi connectivity index (χ0n) is 11.8. The molecule has 104 valence electrons. The van der Waals surface area contributed by atoms with Crippen molar-refractivity contribution in [2.45, 2.75) is 77.2 Å². The number of nitrogens with one attached hydrogen (secondary N) is 1. The Balaban J connectivity index is 2.06. The summed E-state index contributed by atoms with van der Waals surface area (Å²) in [7, 11) is 0. The largest absolute Gasteiger partial charge is 0.376 e. The highest BCUT2D eigenvalue weighted by atomic mass is 16.5. The smallest absolute Gasteiger partial charge is 0.241 e. The molecule has 0 saturated carbocycles. The fourth-order valence-electron chi connectivity index (χ4n) is 3.17. The zero-order chi connectivity index (χ0) is 13.1.